The molecule has 0 saturated heterocycles. The highest BCUT2D eigenvalue weighted by Crippen LogP contribution is 2.30. The lowest BCUT2D eigenvalue weighted by Crippen LogP contribution is -2.18. The van der Waals surface area contributed by atoms with Crippen LogP contribution in [0.3, 0.4) is 0 Å². The van der Waals surface area contributed by atoms with Gasteiger partial charge in [0.25, 0.3) is 0 Å². The van der Waals surface area contributed by atoms with Gasteiger partial charge in [-0.15, -0.1) is 13.2 Å². The number of alkyl halides is 3. The molecule has 6 heteroatoms. The number of aryl methyl sites for hydroxylation is 1. The Balaban J connectivity index is 2.83. The Labute approximate surface area is 110 Å². The maximum atomic E-state index is 12.3. The van der Waals surface area contributed by atoms with Crippen LogP contribution >= 0.6 is 0 Å². The third kappa shape index (κ3) is 5.83. The standard InChI is InChI=1S/C13H18F3NO2/c1-17(2)8-4-5-10-6-7-11(18-3)9-12(10)19-13(14,15)16/h6-7,9H,4-5,8H2,1-3H3. The van der Waals surface area contributed by atoms with E-state index < -0.39 is 6.36 Å². The third-order valence-electron chi connectivity index (χ3n) is 2.55. The first kappa shape index (κ1) is 15.6. The highest BCUT2D eigenvalue weighted by Gasteiger charge is 2.32. The smallest absolute Gasteiger partial charge is 0.497 e. The maximum Gasteiger partial charge on any atom is 0.573 e. The molecule has 1 aromatic rings. The third-order valence-corrected chi connectivity index (χ3v) is 2.55. The van der Waals surface area contributed by atoms with Crippen molar-refractivity contribution in [1.29, 1.82) is 0 Å². The molecule has 0 saturated carbocycles. The lowest BCUT2D eigenvalue weighted by molar-refractivity contribution is -0.274. The number of ether oxygens (including phenoxy) is 2. The zero-order chi connectivity index (χ0) is 14.5. The Bertz CT molecular complexity index is 405. The van der Waals surface area contributed by atoms with Crippen molar-refractivity contribution in [2.75, 3.05) is 27.7 Å². The Hall–Kier alpha value is -1.43. The quantitative estimate of drug-likeness (QED) is 0.797. The van der Waals surface area contributed by atoms with E-state index in [1.54, 1.807) is 12.1 Å². The van der Waals surface area contributed by atoms with E-state index in [1.807, 2.05) is 19.0 Å². The molecule has 0 bridgehead atoms. The summed E-state index contributed by atoms with van der Waals surface area (Å²) in [5.74, 6) is 0.154. The number of rotatable bonds is 6. The van der Waals surface area contributed by atoms with Crippen molar-refractivity contribution in [3.8, 4) is 11.5 Å². The SMILES string of the molecule is COc1ccc(CCCN(C)C)c(OC(F)(F)F)c1. The molecule has 108 valence electrons. The Morgan fingerprint density at radius 2 is 1.89 bits per heavy atom. The number of methoxy groups -OCH3 is 1. The predicted octanol–water partition coefficient (Wildman–Crippen LogP) is 3.09. The second-order valence-electron chi connectivity index (χ2n) is 4.43. The van der Waals surface area contributed by atoms with E-state index in [4.69, 9.17) is 4.74 Å². The summed E-state index contributed by atoms with van der Waals surface area (Å²) in [6.45, 7) is 0.803. The number of hydrogen-bond donors (Lipinski definition) is 0. The van der Waals surface area contributed by atoms with Gasteiger partial charge in [0.1, 0.15) is 11.5 Å². The van der Waals surface area contributed by atoms with E-state index in [-0.39, 0.29) is 5.75 Å². The Kier molecular flexibility index (Phi) is 5.47. The first-order valence-corrected chi connectivity index (χ1v) is 5.89. The van der Waals surface area contributed by atoms with E-state index in [0.29, 0.717) is 17.7 Å². The number of benzene rings is 1. The van der Waals surface area contributed by atoms with E-state index in [0.717, 1.165) is 13.0 Å². The molecular formula is C13H18F3NO2. The largest absolute Gasteiger partial charge is 0.573 e. The van der Waals surface area contributed by atoms with Crippen molar-refractivity contribution in [1.82, 2.24) is 4.90 Å². The molecule has 0 amide bonds. The van der Waals surface area contributed by atoms with Gasteiger partial charge in [-0.1, -0.05) is 6.07 Å². The van der Waals surface area contributed by atoms with Gasteiger partial charge in [0, 0.05) is 6.07 Å². The van der Waals surface area contributed by atoms with Crippen LogP contribution in [-0.4, -0.2) is 39.0 Å². The molecular weight excluding hydrogens is 259 g/mol. The van der Waals surface area contributed by atoms with Crippen LogP contribution in [0.15, 0.2) is 18.2 Å². The van der Waals surface area contributed by atoms with Crippen LogP contribution in [0.25, 0.3) is 0 Å². The molecule has 0 radical (unpaired) electrons. The van der Waals surface area contributed by atoms with Crippen molar-refractivity contribution in [2.24, 2.45) is 0 Å². The highest BCUT2D eigenvalue weighted by molar-refractivity contribution is 5.41. The number of hydrogen-bond acceptors (Lipinski definition) is 3. The minimum atomic E-state index is -4.69. The topological polar surface area (TPSA) is 21.7 Å². The summed E-state index contributed by atoms with van der Waals surface area (Å²) in [6, 6.07) is 4.50. The average molecular weight is 277 g/mol. The minimum absolute atomic E-state index is 0.189. The lowest BCUT2D eigenvalue weighted by Gasteiger charge is -2.15. The van der Waals surface area contributed by atoms with Crippen molar-refractivity contribution >= 4 is 0 Å². The predicted molar refractivity (Wildman–Crippen MR) is 66.6 cm³/mol. The fourth-order valence-electron chi connectivity index (χ4n) is 1.67. The van der Waals surface area contributed by atoms with Gasteiger partial charge in [0.2, 0.25) is 0 Å². The molecule has 0 heterocycles. The molecule has 0 fully saturated rings. The van der Waals surface area contributed by atoms with Gasteiger partial charge in [0.05, 0.1) is 7.11 Å². The number of halogens is 3. The van der Waals surface area contributed by atoms with E-state index in [1.165, 1.54) is 13.2 Å². The van der Waals surface area contributed by atoms with Gasteiger partial charge in [-0.2, -0.15) is 0 Å². The molecule has 0 aromatic heterocycles. The summed E-state index contributed by atoms with van der Waals surface area (Å²) in [5, 5.41) is 0. The Morgan fingerprint density at radius 1 is 1.21 bits per heavy atom. The van der Waals surface area contributed by atoms with E-state index in [2.05, 4.69) is 4.74 Å². The average Bonchev–Trinajstić information content (AvgIpc) is 2.28. The van der Waals surface area contributed by atoms with Crippen LogP contribution in [0.1, 0.15) is 12.0 Å². The van der Waals surface area contributed by atoms with E-state index in [9.17, 15) is 13.2 Å². The monoisotopic (exact) mass is 277 g/mol. The van der Waals surface area contributed by atoms with Crippen LogP contribution in [-0.2, 0) is 6.42 Å². The molecule has 1 rings (SSSR count). The second kappa shape index (κ2) is 6.65. The molecule has 19 heavy (non-hydrogen) atoms. The van der Waals surface area contributed by atoms with Gasteiger partial charge in [-0.25, -0.2) is 0 Å². The first-order chi connectivity index (χ1) is 8.81. The summed E-state index contributed by atoms with van der Waals surface area (Å²) >= 11 is 0. The van der Waals surface area contributed by atoms with Crippen molar-refractivity contribution < 1.29 is 22.6 Å². The van der Waals surface area contributed by atoms with Gasteiger partial charge in [0.15, 0.2) is 0 Å². The zero-order valence-electron chi connectivity index (χ0n) is 11.3. The van der Waals surface area contributed by atoms with Crippen LogP contribution in [0.5, 0.6) is 11.5 Å². The molecule has 0 aliphatic carbocycles. The van der Waals surface area contributed by atoms with Gasteiger partial charge < -0.3 is 14.4 Å². The normalized spacial score (nSPS) is 11.7. The fourth-order valence-corrected chi connectivity index (χ4v) is 1.67. The van der Waals surface area contributed by atoms with Crippen LogP contribution in [0.4, 0.5) is 13.2 Å². The molecule has 0 aliphatic heterocycles. The molecule has 0 aliphatic rings. The number of nitrogens with zero attached hydrogens (tertiary/aromatic N) is 1. The molecule has 0 atom stereocenters. The van der Waals surface area contributed by atoms with Crippen molar-refractivity contribution in [3.63, 3.8) is 0 Å². The highest BCUT2D eigenvalue weighted by atomic mass is 19.4. The minimum Gasteiger partial charge on any atom is -0.497 e. The van der Waals surface area contributed by atoms with Crippen LogP contribution in [0, 0.1) is 0 Å². The second-order valence-corrected chi connectivity index (χ2v) is 4.43. The molecule has 1 aromatic carbocycles. The summed E-state index contributed by atoms with van der Waals surface area (Å²) in [6.07, 6.45) is -3.41. The van der Waals surface area contributed by atoms with Crippen molar-refractivity contribution in [2.45, 2.75) is 19.2 Å². The summed E-state index contributed by atoms with van der Waals surface area (Å²) in [4.78, 5) is 1.98. The van der Waals surface area contributed by atoms with Gasteiger partial charge in [-0.05, 0) is 45.1 Å². The summed E-state index contributed by atoms with van der Waals surface area (Å²) < 4.78 is 46.0. The summed E-state index contributed by atoms with van der Waals surface area (Å²) in [5.41, 5.74) is 0.528. The van der Waals surface area contributed by atoms with Gasteiger partial charge in [-0.3, -0.25) is 0 Å². The fraction of sp³-hybridized carbons (Fsp3) is 0.538. The zero-order valence-corrected chi connectivity index (χ0v) is 11.3. The summed E-state index contributed by atoms with van der Waals surface area (Å²) in [7, 11) is 5.24. The Morgan fingerprint density at radius 3 is 2.42 bits per heavy atom. The first-order valence-electron chi connectivity index (χ1n) is 5.89. The van der Waals surface area contributed by atoms with Crippen LogP contribution in [0.2, 0.25) is 0 Å². The van der Waals surface area contributed by atoms with E-state index >= 15 is 0 Å². The molecule has 3 nitrogen and oxygen atoms in total. The molecule has 0 spiro atoms. The maximum absolute atomic E-state index is 12.3. The molecule has 0 unspecified atom stereocenters. The van der Waals surface area contributed by atoms with Gasteiger partial charge >= 0.3 is 6.36 Å². The lowest BCUT2D eigenvalue weighted by atomic mass is 10.1. The van der Waals surface area contributed by atoms with Crippen LogP contribution < -0.4 is 9.47 Å². The molecule has 0 N–H and O–H groups in total. The van der Waals surface area contributed by atoms with Crippen molar-refractivity contribution in [3.05, 3.63) is 23.8 Å².